The average molecular weight is 539 g/mol. The Labute approximate surface area is 224 Å². The van der Waals surface area contributed by atoms with Crippen molar-refractivity contribution in [1.29, 1.82) is 0 Å². The summed E-state index contributed by atoms with van der Waals surface area (Å²) in [6.07, 6.45) is 3.94. The van der Waals surface area contributed by atoms with Crippen molar-refractivity contribution >= 4 is 12.0 Å². The topological polar surface area (TPSA) is 73.2 Å². The largest absolute Gasteiger partial charge is 0.504 e. The molecular weight excluding hydrogens is 509 g/mol. The zero-order chi connectivity index (χ0) is 27.7. The average Bonchev–Trinajstić information content (AvgIpc) is 3.25. The van der Waals surface area contributed by atoms with Crippen LogP contribution in [0.3, 0.4) is 0 Å². The minimum Gasteiger partial charge on any atom is -0.504 e. The predicted molar refractivity (Wildman–Crippen MR) is 139 cm³/mol. The number of alkyl halides is 3. The number of likely N-dealkylation sites (N-methyl/N-ethyl adjacent to an activating group) is 1. The van der Waals surface area contributed by atoms with Crippen molar-refractivity contribution in [2.75, 3.05) is 20.1 Å². The number of likely N-dealkylation sites (tertiary alicyclic amines) is 1. The Kier molecular flexibility index (Phi) is 5.75. The quantitative estimate of drug-likeness (QED) is 0.444. The number of aromatic hydroxyl groups is 1. The Balaban J connectivity index is 1.36. The molecule has 2 aromatic carbocycles. The molecule has 2 aromatic rings. The highest BCUT2D eigenvalue weighted by Crippen LogP contribution is 2.64. The van der Waals surface area contributed by atoms with Gasteiger partial charge in [-0.2, -0.15) is 13.2 Å². The normalized spacial score (nSPS) is 30.6. The Hall–Kier alpha value is -3.56. The molecule has 0 saturated carbocycles. The smallest absolute Gasteiger partial charge is 0.416 e. The Morgan fingerprint density at radius 2 is 2.10 bits per heavy atom. The first-order chi connectivity index (χ1) is 18.5. The molecule has 0 radical (unpaired) electrons. The Bertz CT molecular complexity index is 1420. The minimum absolute atomic E-state index is 0.0102. The number of carbonyl (C=O) groups excluding carboxylic acids is 1. The van der Waals surface area contributed by atoms with E-state index < -0.39 is 40.8 Å². The molecule has 2 N–H and O–H groups in total. The number of ether oxygens (including phenoxy) is 1. The Morgan fingerprint density at radius 1 is 1.31 bits per heavy atom. The first-order valence-corrected chi connectivity index (χ1v) is 12.9. The van der Waals surface area contributed by atoms with Gasteiger partial charge in [-0.25, -0.2) is 0 Å². The second-order valence-electron chi connectivity index (χ2n) is 10.8. The van der Waals surface area contributed by atoms with E-state index in [1.54, 1.807) is 25.3 Å². The van der Waals surface area contributed by atoms with Crippen molar-refractivity contribution in [2.24, 2.45) is 0 Å². The van der Waals surface area contributed by atoms with Crippen LogP contribution in [0.1, 0.15) is 28.7 Å². The lowest BCUT2D eigenvalue weighted by atomic mass is 9.50. The summed E-state index contributed by atoms with van der Waals surface area (Å²) in [5, 5.41) is 23.1. The second kappa shape index (κ2) is 8.72. The summed E-state index contributed by atoms with van der Waals surface area (Å²) in [4.78, 5) is 17.0. The highest BCUT2D eigenvalue weighted by atomic mass is 19.4. The van der Waals surface area contributed by atoms with Crippen LogP contribution in [0.25, 0.3) is 6.08 Å². The molecule has 4 aliphatic rings. The molecule has 2 aliphatic heterocycles. The molecule has 6 rings (SSSR count). The number of hydrogen-bond donors (Lipinski definition) is 2. The molecule has 1 saturated heterocycles. The van der Waals surface area contributed by atoms with Gasteiger partial charge in [0.1, 0.15) is 11.7 Å². The van der Waals surface area contributed by atoms with Gasteiger partial charge in [-0.1, -0.05) is 36.4 Å². The molecule has 1 amide bonds. The van der Waals surface area contributed by atoms with Crippen LogP contribution in [-0.4, -0.2) is 69.8 Å². The van der Waals surface area contributed by atoms with Crippen molar-refractivity contribution in [1.82, 2.24) is 9.80 Å². The molecule has 2 bridgehead atoms. The fourth-order valence-corrected chi connectivity index (χ4v) is 7.14. The van der Waals surface area contributed by atoms with E-state index in [-0.39, 0.29) is 17.4 Å². The van der Waals surface area contributed by atoms with Gasteiger partial charge in [-0.15, -0.1) is 6.58 Å². The molecule has 204 valence electrons. The standard InChI is InChI=1S/C30H29F3N2O4/c1-3-14-35-15-13-28-25-19-8-9-22(36)26(25)39-27(28)21(11-12-29(28,38)23(35)17-19)34(2)24(37)10-7-18-5-4-6-20(16-18)30(31,32)33/h3-12,16,21,23,27,36,38H,1,13-15,17H2,2H3/t21-,23-,27+,28+,29-/m1/s1. The number of piperidine rings is 1. The fourth-order valence-electron chi connectivity index (χ4n) is 7.14. The van der Waals surface area contributed by atoms with Gasteiger partial charge in [0.2, 0.25) is 5.91 Å². The van der Waals surface area contributed by atoms with Crippen LogP contribution in [0.15, 0.2) is 67.3 Å². The van der Waals surface area contributed by atoms with Gasteiger partial charge in [-0.3, -0.25) is 9.69 Å². The summed E-state index contributed by atoms with van der Waals surface area (Å²) in [5.74, 6) is -0.0889. The molecular formula is C30H29F3N2O4. The van der Waals surface area contributed by atoms with E-state index in [1.165, 1.54) is 29.2 Å². The molecule has 2 aliphatic carbocycles. The molecule has 9 heteroatoms. The van der Waals surface area contributed by atoms with Crippen LogP contribution in [-0.2, 0) is 22.8 Å². The number of amides is 1. The van der Waals surface area contributed by atoms with Crippen LogP contribution in [0.2, 0.25) is 0 Å². The van der Waals surface area contributed by atoms with Crippen LogP contribution in [0, 0.1) is 0 Å². The lowest BCUT2D eigenvalue weighted by Crippen LogP contribution is -2.76. The maximum absolute atomic E-state index is 13.3. The molecule has 6 nitrogen and oxygen atoms in total. The van der Waals surface area contributed by atoms with E-state index in [0.717, 1.165) is 23.3 Å². The minimum atomic E-state index is -4.48. The number of rotatable bonds is 5. The first kappa shape index (κ1) is 25.7. The van der Waals surface area contributed by atoms with Crippen molar-refractivity contribution in [2.45, 2.75) is 48.2 Å². The van der Waals surface area contributed by atoms with E-state index >= 15 is 0 Å². The van der Waals surface area contributed by atoms with E-state index in [9.17, 15) is 28.2 Å². The third-order valence-electron chi connectivity index (χ3n) is 8.92. The highest BCUT2D eigenvalue weighted by molar-refractivity contribution is 5.92. The van der Waals surface area contributed by atoms with Gasteiger partial charge in [0, 0.05) is 37.8 Å². The molecule has 0 aromatic heterocycles. The molecule has 0 unspecified atom stereocenters. The van der Waals surface area contributed by atoms with Gasteiger partial charge in [0.05, 0.1) is 17.0 Å². The molecule has 2 heterocycles. The second-order valence-corrected chi connectivity index (χ2v) is 10.8. The summed E-state index contributed by atoms with van der Waals surface area (Å²) in [5.41, 5.74) is -0.904. The summed E-state index contributed by atoms with van der Waals surface area (Å²) in [6.45, 7) is 5.17. The first-order valence-electron chi connectivity index (χ1n) is 12.9. The van der Waals surface area contributed by atoms with Gasteiger partial charge in [-0.05, 0) is 48.2 Å². The van der Waals surface area contributed by atoms with Crippen molar-refractivity contribution in [3.8, 4) is 11.5 Å². The molecule has 1 fully saturated rings. The highest BCUT2D eigenvalue weighted by Gasteiger charge is 2.72. The zero-order valence-corrected chi connectivity index (χ0v) is 21.4. The number of phenols is 1. The number of halogens is 3. The third kappa shape index (κ3) is 3.59. The van der Waals surface area contributed by atoms with Gasteiger partial charge in [0.25, 0.3) is 0 Å². The zero-order valence-electron chi connectivity index (χ0n) is 21.4. The third-order valence-corrected chi connectivity index (χ3v) is 8.92. The maximum atomic E-state index is 13.3. The summed E-state index contributed by atoms with van der Waals surface area (Å²) < 4.78 is 45.7. The summed E-state index contributed by atoms with van der Waals surface area (Å²) in [6, 6.07) is 7.43. The predicted octanol–water partition coefficient (Wildman–Crippen LogP) is 4.07. The number of benzene rings is 2. The number of carbonyl (C=O) groups is 1. The van der Waals surface area contributed by atoms with Crippen molar-refractivity contribution in [3.63, 3.8) is 0 Å². The lowest BCUT2D eigenvalue weighted by Gasteiger charge is -2.62. The molecule has 1 spiro atoms. The van der Waals surface area contributed by atoms with Gasteiger partial charge >= 0.3 is 6.18 Å². The lowest BCUT2D eigenvalue weighted by molar-refractivity contribution is -0.152. The van der Waals surface area contributed by atoms with Gasteiger partial charge < -0.3 is 19.8 Å². The van der Waals surface area contributed by atoms with Crippen molar-refractivity contribution in [3.05, 3.63) is 89.5 Å². The fraction of sp³-hybridized carbons (Fsp3) is 0.367. The maximum Gasteiger partial charge on any atom is 0.416 e. The van der Waals surface area contributed by atoms with Crippen LogP contribution < -0.4 is 4.74 Å². The van der Waals surface area contributed by atoms with Crippen molar-refractivity contribution < 1.29 is 32.9 Å². The SMILES string of the molecule is C=CCN1CC[C@]23c4c5ccc(O)c4O[C@H]2[C@H](N(C)C(=O)C=Cc2cccc(C(F)(F)F)c2)C=C[C@@]3(O)[C@H]1C5. The van der Waals surface area contributed by atoms with Crippen LogP contribution in [0.4, 0.5) is 13.2 Å². The number of phenolic OH excluding ortho intramolecular Hbond substituents is 1. The van der Waals surface area contributed by atoms with E-state index in [1.807, 2.05) is 12.1 Å². The number of nitrogens with zero attached hydrogens (tertiary/aromatic N) is 2. The number of aliphatic hydroxyl groups is 1. The molecule has 39 heavy (non-hydrogen) atoms. The van der Waals surface area contributed by atoms with E-state index in [2.05, 4.69) is 11.5 Å². The monoisotopic (exact) mass is 538 g/mol. The van der Waals surface area contributed by atoms with Gasteiger partial charge in [0.15, 0.2) is 11.5 Å². The van der Waals surface area contributed by atoms with Crippen LogP contribution >= 0.6 is 0 Å². The van der Waals surface area contributed by atoms with E-state index in [4.69, 9.17) is 4.74 Å². The van der Waals surface area contributed by atoms with E-state index in [0.29, 0.717) is 31.7 Å². The van der Waals surface area contributed by atoms with Crippen LogP contribution in [0.5, 0.6) is 11.5 Å². The summed E-state index contributed by atoms with van der Waals surface area (Å²) >= 11 is 0. The summed E-state index contributed by atoms with van der Waals surface area (Å²) in [7, 11) is 1.61. The Morgan fingerprint density at radius 3 is 2.85 bits per heavy atom. The number of hydrogen-bond acceptors (Lipinski definition) is 5. The molecule has 5 atom stereocenters.